The summed E-state index contributed by atoms with van der Waals surface area (Å²) in [4.78, 5) is 10.5. The van der Waals surface area contributed by atoms with E-state index in [9.17, 15) is 13.6 Å². The van der Waals surface area contributed by atoms with E-state index in [-0.39, 0.29) is 11.3 Å². The van der Waals surface area contributed by atoms with Gasteiger partial charge in [0, 0.05) is 12.1 Å². The van der Waals surface area contributed by atoms with Gasteiger partial charge in [-0.2, -0.15) is 0 Å². The second-order valence-electron chi connectivity index (χ2n) is 2.82. The molecular weight excluding hydrogens is 192 g/mol. The molecule has 0 unspecified atom stereocenters. The van der Waals surface area contributed by atoms with E-state index in [0.29, 0.717) is 5.56 Å². The van der Waals surface area contributed by atoms with Crippen LogP contribution in [0.15, 0.2) is 18.2 Å². The minimum atomic E-state index is -2.45. The number of aromatic carboxylic acids is 1. The third-order valence-corrected chi connectivity index (χ3v) is 1.74. The monoisotopic (exact) mass is 201 g/mol. The van der Waals surface area contributed by atoms with Crippen molar-refractivity contribution in [2.75, 3.05) is 5.73 Å². The maximum absolute atomic E-state index is 12.0. The Bertz CT molecular complexity index is 353. The van der Waals surface area contributed by atoms with Crippen molar-refractivity contribution in [2.24, 2.45) is 0 Å². The van der Waals surface area contributed by atoms with E-state index in [2.05, 4.69) is 0 Å². The van der Waals surface area contributed by atoms with Gasteiger partial charge < -0.3 is 10.8 Å². The molecule has 0 aliphatic carbocycles. The van der Waals surface area contributed by atoms with Crippen LogP contribution in [0.3, 0.4) is 0 Å². The van der Waals surface area contributed by atoms with Gasteiger partial charge in [0.25, 0.3) is 0 Å². The number of hydrogen-bond donors (Lipinski definition) is 2. The predicted molar refractivity (Wildman–Crippen MR) is 47.5 cm³/mol. The van der Waals surface area contributed by atoms with Gasteiger partial charge in [0.1, 0.15) is 0 Å². The Balaban J connectivity index is 2.94. The van der Waals surface area contributed by atoms with Crippen LogP contribution in [0.5, 0.6) is 0 Å². The zero-order valence-corrected chi connectivity index (χ0v) is 7.21. The van der Waals surface area contributed by atoms with Gasteiger partial charge in [-0.1, -0.05) is 6.07 Å². The molecular formula is C9H9F2NO2. The first kappa shape index (κ1) is 10.4. The number of hydrogen-bond acceptors (Lipinski definition) is 2. The lowest BCUT2D eigenvalue weighted by Gasteiger charge is -2.04. The molecule has 0 spiro atoms. The lowest BCUT2D eigenvalue weighted by atomic mass is 10.1. The average molecular weight is 201 g/mol. The second-order valence-corrected chi connectivity index (χ2v) is 2.82. The van der Waals surface area contributed by atoms with Crippen molar-refractivity contribution >= 4 is 11.7 Å². The summed E-state index contributed by atoms with van der Waals surface area (Å²) < 4.78 is 23.9. The van der Waals surface area contributed by atoms with Crippen molar-refractivity contribution in [3.05, 3.63) is 29.3 Å². The predicted octanol–water partition coefficient (Wildman–Crippen LogP) is 1.77. The van der Waals surface area contributed by atoms with Gasteiger partial charge in [0.2, 0.25) is 6.43 Å². The smallest absolute Gasteiger partial charge is 0.337 e. The van der Waals surface area contributed by atoms with Crippen LogP contribution in [0, 0.1) is 0 Å². The molecule has 0 atom stereocenters. The fourth-order valence-corrected chi connectivity index (χ4v) is 1.11. The number of alkyl halides is 2. The molecule has 0 aliphatic heterocycles. The first-order valence-electron chi connectivity index (χ1n) is 3.90. The van der Waals surface area contributed by atoms with Crippen molar-refractivity contribution in [1.82, 2.24) is 0 Å². The highest BCUT2D eigenvalue weighted by atomic mass is 19.3. The summed E-state index contributed by atoms with van der Waals surface area (Å²) in [5.74, 6) is -1.16. The van der Waals surface area contributed by atoms with Gasteiger partial charge in [-0.05, 0) is 17.7 Å². The van der Waals surface area contributed by atoms with E-state index in [1.165, 1.54) is 18.2 Å². The van der Waals surface area contributed by atoms with Crippen LogP contribution < -0.4 is 5.73 Å². The zero-order chi connectivity index (χ0) is 10.7. The first-order valence-corrected chi connectivity index (χ1v) is 3.90. The topological polar surface area (TPSA) is 63.3 Å². The molecule has 0 amide bonds. The summed E-state index contributed by atoms with van der Waals surface area (Å²) in [5, 5.41) is 8.61. The van der Waals surface area contributed by atoms with Crippen LogP contribution in [0.2, 0.25) is 0 Å². The molecule has 0 heterocycles. The number of nitrogens with two attached hydrogens (primary N) is 1. The van der Waals surface area contributed by atoms with Crippen molar-refractivity contribution in [1.29, 1.82) is 0 Å². The van der Waals surface area contributed by atoms with Crippen LogP contribution in [0.4, 0.5) is 14.5 Å². The summed E-state index contributed by atoms with van der Waals surface area (Å²) in [6, 6.07) is 3.83. The molecule has 0 bridgehead atoms. The van der Waals surface area contributed by atoms with E-state index in [1.807, 2.05) is 0 Å². The van der Waals surface area contributed by atoms with Gasteiger partial charge in [-0.15, -0.1) is 0 Å². The Morgan fingerprint density at radius 1 is 1.50 bits per heavy atom. The number of rotatable bonds is 3. The number of carboxylic acid groups (broad SMARTS) is 1. The molecule has 1 rings (SSSR count). The molecule has 14 heavy (non-hydrogen) atoms. The van der Waals surface area contributed by atoms with Gasteiger partial charge in [-0.3, -0.25) is 0 Å². The number of halogens is 2. The molecule has 1 aromatic carbocycles. The van der Waals surface area contributed by atoms with Crippen LogP contribution in [-0.4, -0.2) is 17.5 Å². The number of carboxylic acids is 1. The second kappa shape index (κ2) is 4.04. The Morgan fingerprint density at radius 2 is 2.14 bits per heavy atom. The maximum atomic E-state index is 12.0. The standard InChI is InChI=1S/C9H9F2NO2/c10-8(11)4-5-1-2-6(9(13)14)7(12)3-5/h1-3,8H,4,12H2,(H,13,14). The van der Waals surface area contributed by atoms with E-state index in [4.69, 9.17) is 10.8 Å². The Morgan fingerprint density at radius 3 is 2.57 bits per heavy atom. The largest absolute Gasteiger partial charge is 0.478 e. The van der Waals surface area contributed by atoms with Crippen molar-refractivity contribution in [3.63, 3.8) is 0 Å². The lowest BCUT2D eigenvalue weighted by molar-refractivity contribution is 0.0698. The minimum Gasteiger partial charge on any atom is -0.478 e. The van der Waals surface area contributed by atoms with Crippen molar-refractivity contribution in [3.8, 4) is 0 Å². The average Bonchev–Trinajstić information content (AvgIpc) is 2.01. The molecule has 0 aliphatic rings. The van der Waals surface area contributed by atoms with Gasteiger partial charge in [0.15, 0.2) is 0 Å². The highest BCUT2D eigenvalue weighted by Crippen LogP contribution is 2.16. The molecule has 0 saturated heterocycles. The van der Waals surface area contributed by atoms with Crippen LogP contribution in [0.1, 0.15) is 15.9 Å². The lowest BCUT2D eigenvalue weighted by Crippen LogP contribution is -2.04. The maximum Gasteiger partial charge on any atom is 0.337 e. The number of nitrogen functional groups attached to an aromatic ring is 1. The van der Waals surface area contributed by atoms with E-state index in [0.717, 1.165) is 0 Å². The third kappa shape index (κ3) is 2.42. The number of carbonyl (C=O) groups is 1. The molecule has 0 fully saturated rings. The highest BCUT2D eigenvalue weighted by molar-refractivity contribution is 5.93. The molecule has 1 aromatic rings. The fraction of sp³-hybridized carbons (Fsp3) is 0.222. The summed E-state index contributed by atoms with van der Waals surface area (Å²) in [6.07, 6.45) is -2.87. The summed E-state index contributed by atoms with van der Waals surface area (Å²) >= 11 is 0. The number of anilines is 1. The summed E-state index contributed by atoms with van der Waals surface area (Å²) in [5.41, 5.74) is 5.65. The highest BCUT2D eigenvalue weighted by Gasteiger charge is 2.10. The minimum absolute atomic E-state index is 0.00986. The Kier molecular flexibility index (Phi) is 3.01. The molecule has 3 nitrogen and oxygen atoms in total. The number of benzene rings is 1. The van der Waals surface area contributed by atoms with E-state index < -0.39 is 18.8 Å². The van der Waals surface area contributed by atoms with Crippen molar-refractivity contribution in [2.45, 2.75) is 12.8 Å². The van der Waals surface area contributed by atoms with Crippen LogP contribution in [-0.2, 0) is 6.42 Å². The van der Waals surface area contributed by atoms with Crippen LogP contribution in [0.25, 0.3) is 0 Å². The molecule has 76 valence electrons. The van der Waals surface area contributed by atoms with Gasteiger partial charge in [-0.25, -0.2) is 13.6 Å². The summed E-state index contributed by atoms with van der Waals surface area (Å²) in [6.45, 7) is 0. The van der Waals surface area contributed by atoms with E-state index in [1.54, 1.807) is 0 Å². The quantitative estimate of drug-likeness (QED) is 0.732. The van der Waals surface area contributed by atoms with Gasteiger partial charge >= 0.3 is 5.97 Å². The Hall–Kier alpha value is -1.65. The molecule has 0 aromatic heterocycles. The first-order chi connectivity index (χ1) is 6.50. The SMILES string of the molecule is Nc1cc(CC(F)F)ccc1C(=O)O. The van der Waals surface area contributed by atoms with Gasteiger partial charge in [0.05, 0.1) is 5.56 Å². The third-order valence-electron chi connectivity index (χ3n) is 1.74. The van der Waals surface area contributed by atoms with E-state index >= 15 is 0 Å². The molecule has 0 radical (unpaired) electrons. The molecule has 3 N–H and O–H groups in total. The van der Waals surface area contributed by atoms with Crippen molar-refractivity contribution < 1.29 is 18.7 Å². The normalized spacial score (nSPS) is 10.5. The summed E-state index contributed by atoms with van der Waals surface area (Å²) in [7, 11) is 0. The molecule has 5 heteroatoms. The molecule has 0 saturated carbocycles. The Labute approximate surface area is 79.2 Å². The van der Waals surface area contributed by atoms with Crippen LogP contribution >= 0.6 is 0 Å². The fourth-order valence-electron chi connectivity index (χ4n) is 1.11. The zero-order valence-electron chi connectivity index (χ0n) is 7.21.